The number of hydrogen-bond donors (Lipinski definition) is 3. The monoisotopic (exact) mass is 509 g/mol. The lowest BCUT2D eigenvalue weighted by Crippen LogP contribution is -2.34. The summed E-state index contributed by atoms with van der Waals surface area (Å²) in [6, 6.07) is 14.2. The van der Waals surface area contributed by atoms with Crippen molar-refractivity contribution in [2.24, 2.45) is 0 Å². The van der Waals surface area contributed by atoms with Crippen LogP contribution in [0, 0.1) is 3.57 Å². The Morgan fingerprint density at radius 3 is 2.57 bits per heavy atom. The maximum Gasteiger partial charge on any atom is 0.257 e. The van der Waals surface area contributed by atoms with Crippen molar-refractivity contribution in [3.8, 4) is 0 Å². The Morgan fingerprint density at radius 2 is 1.86 bits per heavy atom. The fraction of sp³-hybridized carbons (Fsp3) is 0.250. The van der Waals surface area contributed by atoms with Gasteiger partial charge >= 0.3 is 0 Å². The number of benzene rings is 2. The zero-order chi connectivity index (χ0) is 19.9. The van der Waals surface area contributed by atoms with E-state index < -0.39 is 0 Å². The molecule has 3 rings (SSSR count). The highest BCUT2D eigenvalue weighted by Gasteiger charge is 2.17. The van der Waals surface area contributed by atoms with Gasteiger partial charge in [0.15, 0.2) is 5.11 Å². The van der Waals surface area contributed by atoms with Crippen LogP contribution >= 0.6 is 34.8 Å². The topological polar surface area (TPSA) is 79.5 Å². The third kappa shape index (κ3) is 5.98. The van der Waals surface area contributed by atoms with Gasteiger partial charge in [0.2, 0.25) is 0 Å². The van der Waals surface area contributed by atoms with Gasteiger partial charge in [-0.1, -0.05) is 12.1 Å². The number of halogens is 1. The highest BCUT2D eigenvalue weighted by atomic mass is 127. The first kappa shape index (κ1) is 20.7. The van der Waals surface area contributed by atoms with Crippen molar-refractivity contribution in [2.75, 3.05) is 18.5 Å². The largest absolute Gasteiger partial charge is 0.376 e. The minimum Gasteiger partial charge on any atom is -0.376 e. The summed E-state index contributed by atoms with van der Waals surface area (Å²) < 4.78 is 6.48. The molecule has 1 atom stereocenters. The summed E-state index contributed by atoms with van der Waals surface area (Å²) in [5.41, 5.74) is 1.66. The van der Waals surface area contributed by atoms with Crippen LogP contribution in [0.4, 0.5) is 5.69 Å². The average molecular weight is 509 g/mol. The number of thiocarbonyl (C=S) groups is 1. The number of carbonyl (C=O) groups excluding carboxylic acids is 2. The van der Waals surface area contributed by atoms with Crippen LogP contribution in [-0.2, 0) is 4.74 Å². The van der Waals surface area contributed by atoms with Gasteiger partial charge in [0.25, 0.3) is 11.8 Å². The molecule has 146 valence electrons. The molecule has 2 amide bonds. The van der Waals surface area contributed by atoms with Crippen LogP contribution in [0.3, 0.4) is 0 Å². The van der Waals surface area contributed by atoms with Gasteiger partial charge in [-0.15, -0.1) is 0 Å². The molecule has 0 saturated carbocycles. The van der Waals surface area contributed by atoms with E-state index in [1.165, 1.54) is 0 Å². The van der Waals surface area contributed by atoms with Gasteiger partial charge in [0.05, 0.1) is 6.10 Å². The van der Waals surface area contributed by atoms with Gasteiger partial charge in [-0.25, -0.2) is 0 Å². The van der Waals surface area contributed by atoms with E-state index in [0.29, 0.717) is 23.4 Å². The predicted molar refractivity (Wildman–Crippen MR) is 121 cm³/mol. The summed E-state index contributed by atoms with van der Waals surface area (Å²) in [4.78, 5) is 24.6. The lowest BCUT2D eigenvalue weighted by atomic mass is 10.1. The number of anilines is 1. The van der Waals surface area contributed by atoms with E-state index in [1.807, 2.05) is 12.1 Å². The Morgan fingerprint density at radius 1 is 1.11 bits per heavy atom. The highest BCUT2D eigenvalue weighted by molar-refractivity contribution is 14.1. The standard InChI is InChI=1S/C20H20IN3O3S/c21-15-6-1-4-13(10-15)19(26)24-20(28)23-16-7-2-5-14(11-16)18(25)22-12-17-8-3-9-27-17/h1-2,4-7,10-11,17H,3,8-9,12H2,(H,22,25)(H2,23,24,26,28). The average Bonchev–Trinajstić information content (AvgIpc) is 3.20. The van der Waals surface area contributed by atoms with Crippen LogP contribution in [-0.4, -0.2) is 36.2 Å². The maximum absolute atomic E-state index is 12.3. The van der Waals surface area contributed by atoms with Crippen molar-refractivity contribution in [1.82, 2.24) is 10.6 Å². The van der Waals surface area contributed by atoms with Crippen molar-refractivity contribution in [1.29, 1.82) is 0 Å². The molecule has 2 aromatic carbocycles. The fourth-order valence-electron chi connectivity index (χ4n) is 2.82. The minimum absolute atomic E-state index is 0.0918. The number of hydrogen-bond acceptors (Lipinski definition) is 4. The van der Waals surface area contributed by atoms with Gasteiger partial charge in [-0.2, -0.15) is 0 Å². The molecule has 0 bridgehead atoms. The molecule has 1 saturated heterocycles. The van der Waals surface area contributed by atoms with Gasteiger partial charge < -0.3 is 15.4 Å². The van der Waals surface area contributed by atoms with E-state index in [0.717, 1.165) is 23.0 Å². The fourth-order valence-corrected chi connectivity index (χ4v) is 3.57. The second-order valence-electron chi connectivity index (χ2n) is 6.34. The Labute approximate surface area is 182 Å². The summed E-state index contributed by atoms with van der Waals surface area (Å²) in [5.74, 6) is -0.463. The molecule has 0 aromatic heterocycles. The second-order valence-corrected chi connectivity index (χ2v) is 8.00. The molecule has 1 aliphatic rings. The van der Waals surface area contributed by atoms with E-state index in [9.17, 15) is 9.59 Å². The van der Waals surface area contributed by atoms with Crippen LogP contribution < -0.4 is 16.0 Å². The van der Waals surface area contributed by atoms with Gasteiger partial charge in [-0.3, -0.25) is 14.9 Å². The molecule has 8 heteroatoms. The first-order valence-corrected chi connectivity index (χ1v) is 10.4. The van der Waals surface area contributed by atoms with E-state index >= 15 is 0 Å². The van der Waals surface area contributed by atoms with Crippen LogP contribution in [0.5, 0.6) is 0 Å². The van der Waals surface area contributed by atoms with Gasteiger partial charge in [0, 0.05) is 33.5 Å². The smallest absolute Gasteiger partial charge is 0.257 e. The molecular weight excluding hydrogens is 489 g/mol. The molecule has 0 aliphatic carbocycles. The molecule has 0 radical (unpaired) electrons. The third-order valence-electron chi connectivity index (χ3n) is 4.21. The normalized spacial score (nSPS) is 15.7. The lowest BCUT2D eigenvalue weighted by molar-refractivity contribution is 0.0857. The number of rotatable bonds is 5. The molecule has 1 heterocycles. The molecule has 2 aromatic rings. The zero-order valence-corrected chi connectivity index (χ0v) is 18.0. The summed E-state index contributed by atoms with van der Waals surface area (Å²) in [5, 5.41) is 8.64. The number of nitrogens with one attached hydrogen (secondary N) is 3. The van der Waals surface area contributed by atoms with Crippen molar-refractivity contribution < 1.29 is 14.3 Å². The Balaban J connectivity index is 1.55. The number of ether oxygens (including phenoxy) is 1. The Bertz CT molecular complexity index is 885. The molecule has 6 nitrogen and oxygen atoms in total. The van der Waals surface area contributed by atoms with Crippen molar-refractivity contribution >= 4 is 57.4 Å². The first-order valence-electron chi connectivity index (χ1n) is 8.89. The molecule has 0 spiro atoms. The summed E-state index contributed by atoms with van der Waals surface area (Å²) in [6.45, 7) is 1.26. The van der Waals surface area contributed by atoms with Crippen LogP contribution in [0.25, 0.3) is 0 Å². The summed E-state index contributed by atoms with van der Waals surface area (Å²) in [7, 11) is 0. The van der Waals surface area contributed by atoms with Crippen LogP contribution in [0.15, 0.2) is 48.5 Å². The third-order valence-corrected chi connectivity index (χ3v) is 5.09. The molecule has 28 heavy (non-hydrogen) atoms. The highest BCUT2D eigenvalue weighted by Crippen LogP contribution is 2.13. The first-order chi connectivity index (χ1) is 13.5. The molecule has 3 N–H and O–H groups in total. The molecular formula is C20H20IN3O3S. The number of amides is 2. The van der Waals surface area contributed by atoms with Gasteiger partial charge in [0.1, 0.15) is 0 Å². The summed E-state index contributed by atoms with van der Waals surface area (Å²) >= 11 is 7.36. The van der Waals surface area contributed by atoms with E-state index in [1.54, 1.807) is 36.4 Å². The lowest BCUT2D eigenvalue weighted by Gasteiger charge is -2.12. The van der Waals surface area contributed by atoms with Crippen LogP contribution in [0.1, 0.15) is 33.6 Å². The van der Waals surface area contributed by atoms with E-state index in [-0.39, 0.29) is 23.0 Å². The Hall–Kier alpha value is -2.04. The predicted octanol–water partition coefficient (Wildman–Crippen LogP) is 3.33. The molecule has 1 aliphatic heterocycles. The molecule has 1 unspecified atom stereocenters. The zero-order valence-electron chi connectivity index (χ0n) is 15.0. The Kier molecular flexibility index (Phi) is 7.35. The maximum atomic E-state index is 12.3. The van der Waals surface area contributed by atoms with E-state index in [2.05, 4.69) is 38.5 Å². The van der Waals surface area contributed by atoms with E-state index in [4.69, 9.17) is 17.0 Å². The summed E-state index contributed by atoms with van der Waals surface area (Å²) in [6.07, 6.45) is 2.09. The minimum atomic E-state index is -0.290. The van der Waals surface area contributed by atoms with Gasteiger partial charge in [-0.05, 0) is 84.0 Å². The quantitative estimate of drug-likeness (QED) is 0.426. The van der Waals surface area contributed by atoms with Crippen molar-refractivity contribution in [3.05, 3.63) is 63.2 Å². The number of carbonyl (C=O) groups is 2. The molecule has 1 fully saturated rings. The van der Waals surface area contributed by atoms with Crippen LogP contribution in [0.2, 0.25) is 0 Å². The van der Waals surface area contributed by atoms with Crippen molar-refractivity contribution in [2.45, 2.75) is 18.9 Å². The van der Waals surface area contributed by atoms with Crippen molar-refractivity contribution in [3.63, 3.8) is 0 Å². The second kappa shape index (κ2) is 9.94. The SMILES string of the molecule is O=C(NCC1CCCO1)c1cccc(NC(=S)NC(=O)c2cccc(I)c2)c1.